The molecule has 2 atom stereocenters. The summed E-state index contributed by atoms with van der Waals surface area (Å²) in [7, 11) is 0. The Balaban J connectivity index is 1.70. The van der Waals surface area contributed by atoms with E-state index in [4.69, 9.17) is 0 Å². The topological polar surface area (TPSA) is 23.8 Å². The maximum atomic E-state index is 9.91. The zero-order valence-corrected chi connectivity index (χ0v) is 12.7. The van der Waals surface area contributed by atoms with Crippen molar-refractivity contribution in [3.8, 4) is 6.07 Å². The molecule has 0 bridgehead atoms. The molecule has 21 heavy (non-hydrogen) atoms. The van der Waals surface area contributed by atoms with Gasteiger partial charge < -0.3 is 0 Å². The van der Waals surface area contributed by atoms with Gasteiger partial charge >= 0.3 is 0 Å². The summed E-state index contributed by atoms with van der Waals surface area (Å²) in [5.41, 5.74) is 3.82. The first-order chi connectivity index (χ1) is 10.3. The third kappa shape index (κ3) is 2.00. The Hall–Kier alpha value is -1.72. The Bertz CT molecular complexity index is 730. The summed E-state index contributed by atoms with van der Waals surface area (Å²) in [5, 5.41) is 9.91. The highest BCUT2D eigenvalue weighted by molar-refractivity contribution is 7.99. The summed E-state index contributed by atoms with van der Waals surface area (Å²) in [5.74, 6) is 1.63. The van der Waals surface area contributed by atoms with Gasteiger partial charge in [0.05, 0.1) is 11.5 Å². The molecule has 0 fully saturated rings. The van der Waals surface area contributed by atoms with Gasteiger partial charge in [-0.25, -0.2) is 0 Å². The van der Waals surface area contributed by atoms with Crippen molar-refractivity contribution < 1.29 is 0 Å². The standard InChI is InChI=1S/C19H17NS/c20-13-19(10-9-14-5-1-3-7-17(14)19)11-15-12-21-18-8-4-2-6-16(15)18/h1-8,15H,9-12H2. The normalized spacial score (nSPS) is 26.1. The van der Waals surface area contributed by atoms with Crippen LogP contribution in [0.25, 0.3) is 0 Å². The molecule has 0 saturated heterocycles. The van der Waals surface area contributed by atoms with E-state index in [1.54, 1.807) is 0 Å². The fourth-order valence-corrected chi connectivity index (χ4v) is 5.13. The lowest BCUT2D eigenvalue weighted by Gasteiger charge is -2.26. The molecular weight excluding hydrogens is 274 g/mol. The minimum atomic E-state index is -0.279. The summed E-state index contributed by atoms with van der Waals surface area (Å²) >= 11 is 1.94. The summed E-state index contributed by atoms with van der Waals surface area (Å²) in [6, 6.07) is 19.9. The average molecular weight is 291 g/mol. The van der Waals surface area contributed by atoms with Crippen molar-refractivity contribution in [3.63, 3.8) is 0 Å². The third-order valence-corrected chi connectivity index (χ3v) is 6.21. The number of thioether (sulfide) groups is 1. The summed E-state index contributed by atoms with van der Waals surface area (Å²) in [6.45, 7) is 0. The van der Waals surface area contributed by atoms with Crippen molar-refractivity contribution in [3.05, 3.63) is 65.2 Å². The van der Waals surface area contributed by atoms with E-state index in [0.29, 0.717) is 5.92 Å². The van der Waals surface area contributed by atoms with Gasteiger partial charge in [-0.2, -0.15) is 5.26 Å². The fraction of sp³-hybridized carbons (Fsp3) is 0.316. The molecule has 1 nitrogen and oxygen atoms in total. The summed E-state index contributed by atoms with van der Waals surface area (Å²) in [4.78, 5) is 1.40. The second-order valence-electron chi connectivity index (χ2n) is 6.10. The van der Waals surface area contributed by atoms with Crippen LogP contribution < -0.4 is 0 Å². The molecule has 2 aromatic carbocycles. The number of nitrogens with zero attached hydrogens (tertiary/aromatic N) is 1. The lowest BCUT2D eigenvalue weighted by Crippen LogP contribution is -2.24. The van der Waals surface area contributed by atoms with Gasteiger partial charge in [0.15, 0.2) is 0 Å². The van der Waals surface area contributed by atoms with Gasteiger partial charge in [0.25, 0.3) is 0 Å². The van der Waals surface area contributed by atoms with Crippen molar-refractivity contribution in [1.29, 1.82) is 5.26 Å². The van der Waals surface area contributed by atoms with Crippen LogP contribution in [0.4, 0.5) is 0 Å². The summed E-state index contributed by atoms with van der Waals surface area (Å²) in [6.07, 6.45) is 2.99. The molecule has 104 valence electrons. The predicted octanol–water partition coefficient (Wildman–Crippen LogP) is 4.67. The van der Waals surface area contributed by atoms with Crippen LogP contribution >= 0.6 is 11.8 Å². The fourth-order valence-electron chi connectivity index (χ4n) is 3.88. The molecule has 2 unspecified atom stereocenters. The van der Waals surface area contributed by atoms with Crippen LogP contribution in [0.1, 0.15) is 35.4 Å². The van der Waals surface area contributed by atoms with Crippen LogP contribution in [0.15, 0.2) is 53.4 Å². The highest BCUT2D eigenvalue weighted by atomic mass is 32.2. The van der Waals surface area contributed by atoms with E-state index in [-0.39, 0.29) is 5.41 Å². The van der Waals surface area contributed by atoms with Crippen molar-refractivity contribution in [2.75, 3.05) is 5.75 Å². The minimum absolute atomic E-state index is 0.279. The van der Waals surface area contributed by atoms with Gasteiger partial charge in [-0.15, -0.1) is 11.8 Å². The molecule has 0 amide bonds. The lowest BCUT2D eigenvalue weighted by atomic mass is 9.75. The number of aryl methyl sites for hydroxylation is 1. The molecule has 4 rings (SSSR count). The van der Waals surface area contributed by atoms with E-state index in [9.17, 15) is 5.26 Å². The zero-order chi connectivity index (χ0) is 14.3. The number of rotatable bonds is 2. The Morgan fingerprint density at radius 2 is 1.95 bits per heavy atom. The number of benzene rings is 2. The SMILES string of the molecule is N#CC1(CC2CSc3ccccc32)CCc2ccccc21. The highest BCUT2D eigenvalue weighted by Crippen LogP contribution is 2.49. The second kappa shape index (κ2) is 4.93. The van der Waals surface area contributed by atoms with Crippen molar-refractivity contribution >= 4 is 11.8 Å². The van der Waals surface area contributed by atoms with Crippen molar-refractivity contribution in [2.45, 2.75) is 35.5 Å². The smallest absolute Gasteiger partial charge is 0.0834 e. The molecule has 1 aliphatic carbocycles. The molecule has 0 N–H and O–H groups in total. The predicted molar refractivity (Wildman–Crippen MR) is 86.6 cm³/mol. The van der Waals surface area contributed by atoms with Crippen LogP contribution in [-0.4, -0.2) is 5.75 Å². The van der Waals surface area contributed by atoms with Gasteiger partial charge in [-0.3, -0.25) is 0 Å². The highest BCUT2D eigenvalue weighted by Gasteiger charge is 2.42. The van der Waals surface area contributed by atoms with E-state index in [1.165, 1.54) is 21.6 Å². The number of hydrogen-bond acceptors (Lipinski definition) is 2. The monoisotopic (exact) mass is 291 g/mol. The Labute approximate surface area is 130 Å². The van der Waals surface area contributed by atoms with Crippen molar-refractivity contribution in [2.24, 2.45) is 0 Å². The van der Waals surface area contributed by atoms with E-state index < -0.39 is 0 Å². The van der Waals surface area contributed by atoms with Crippen LogP contribution in [-0.2, 0) is 11.8 Å². The largest absolute Gasteiger partial charge is 0.197 e. The zero-order valence-electron chi connectivity index (χ0n) is 11.9. The molecule has 0 saturated carbocycles. The maximum absolute atomic E-state index is 9.91. The lowest BCUT2D eigenvalue weighted by molar-refractivity contribution is 0.461. The molecule has 0 radical (unpaired) electrons. The van der Waals surface area contributed by atoms with Crippen LogP contribution in [0.5, 0.6) is 0 Å². The first-order valence-corrected chi connectivity index (χ1v) is 8.52. The first-order valence-electron chi connectivity index (χ1n) is 7.54. The van der Waals surface area contributed by atoms with E-state index in [2.05, 4.69) is 54.6 Å². The van der Waals surface area contributed by atoms with E-state index >= 15 is 0 Å². The van der Waals surface area contributed by atoms with Gasteiger partial charge in [0.1, 0.15) is 0 Å². The van der Waals surface area contributed by atoms with Gasteiger partial charge in [0, 0.05) is 10.6 Å². The maximum Gasteiger partial charge on any atom is 0.0834 e. The van der Waals surface area contributed by atoms with Crippen LogP contribution in [0.2, 0.25) is 0 Å². The second-order valence-corrected chi connectivity index (χ2v) is 7.16. The molecule has 0 aromatic heterocycles. The quantitative estimate of drug-likeness (QED) is 0.802. The molecule has 1 aliphatic heterocycles. The van der Waals surface area contributed by atoms with E-state index in [0.717, 1.165) is 25.0 Å². The Kier molecular flexibility index (Phi) is 3.05. The minimum Gasteiger partial charge on any atom is -0.197 e. The van der Waals surface area contributed by atoms with E-state index in [1.807, 2.05) is 11.8 Å². The number of fused-ring (bicyclic) bond motifs is 2. The van der Waals surface area contributed by atoms with Crippen molar-refractivity contribution in [1.82, 2.24) is 0 Å². The summed E-state index contributed by atoms with van der Waals surface area (Å²) < 4.78 is 0. The van der Waals surface area contributed by atoms with Gasteiger partial charge in [-0.1, -0.05) is 42.5 Å². The third-order valence-electron chi connectivity index (χ3n) is 4.96. The average Bonchev–Trinajstić information content (AvgIpc) is 3.11. The van der Waals surface area contributed by atoms with Crippen LogP contribution in [0.3, 0.4) is 0 Å². The molecule has 2 heteroatoms. The molecule has 0 spiro atoms. The van der Waals surface area contributed by atoms with Gasteiger partial charge in [0.2, 0.25) is 0 Å². The Morgan fingerprint density at radius 3 is 2.86 bits per heavy atom. The molecular formula is C19H17NS. The first kappa shape index (κ1) is 13.0. The number of hydrogen-bond donors (Lipinski definition) is 0. The molecule has 2 aliphatic rings. The Morgan fingerprint density at radius 1 is 1.14 bits per heavy atom. The number of nitriles is 1. The molecule has 2 aromatic rings. The molecule has 1 heterocycles. The van der Waals surface area contributed by atoms with Crippen LogP contribution in [0, 0.1) is 11.3 Å². The van der Waals surface area contributed by atoms with Gasteiger partial charge in [-0.05, 0) is 47.9 Å².